The van der Waals surface area contributed by atoms with E-state index in [2.05, 4.69) is 0 Å². The van der Waals surface area contributed by atoms with Crippen molar-refractivity contribution in [3.63, 3.8) is 0 Å². The van der Waals surface area contributed by atoms with Crippen molar-refractivity contribution in [1.82, 2.24) is 0 Å². The molecule has 0 bridgehead atoms. The number of carbonyl (C=O) groups excluding carboxylic acids is 2. The van der Waals surface area contributed by atoms with Gasteiger partial charge in [-0.05, 0) is 44.5 Å². The number of halogens is 1. The molecule has 5 heteroatoms. The lowest BCUT2D eigenvalue weighted by molar-refractivity contribution is -0.156. The van der Waals surface area contributed by atoms with E-state index in [1.165, 1.54) is 0 Å². The molecular formula is C15H17ClO4. The van der Waals surface area contributed by atoms with Crippen molar-refractivity contribution in [2.24, 2.45) is 0 Å². The van der Waals surface area contributed by atoms with E-state index in [4.69, 9.17) is 21.1 Å². The van der Waals surface area contributed by atoms with Gasteiger partial charge in [-0.1, -0.05) is 11.6 Å². The molecule has 2 rings (SSSR count). The first kappa shape index (κ1) is 14.9. The minimum Gasteiger partial charge on any atom is -0.497 e. The molecule has 1 atom stereocenters. The summed E-state index contributed by atoms with van der Waals surface area (Å²) >= 11 is 6.27. The maximum atomic E-state index is 12.4. The van der Waals surface area contributed by atoms with Gasteiger partial charge in [-0.25, -0.2) is 4.79 Å². The number of fused-ring (bicyclic) bond motifs is 1. The van der Waals surface area contributed by atoms with E-state index in [1.54, 1.807) is 46.1 Å². The fourth-order valence-corrected chi connectivity index (χ4v) is 2.43. The third-order valence-corrected chi connectivity index (χ3v) is 3.53. The summed E-state index contributed by atoms with van der Waals surface area (Å²) in [6.07, 6.45) is 0.120. The third-order valence-electron chi connectivity index (χ3n) is 3.07. The van der Waals surface area contributed by atoms with Gasteiger partial charge in [-0.2, -0.15) is 0 Å². The van der Waals surface area contributed by atoms with Gasteiger partial charge in [0.1, 0.15) is 11.4 Å². The lowest BCUT2D eigenvalue weighted by Gasteiger charge is -2.25. The van der Waals surface area contributed by atoms with Crippen LogP contribution in [-0.2, 0) is 16.0 Å². The zero-order valence-corrected chi connectivity index (χ0v) is 12.7. The summed E-state index contributed by atoms with van der Waals surface area (Å²) in [5, 5.41) is 0. The SMILES string of the molecule is COc1ccc2c(c1)C[C@@](Cl)(C(=O)OC(C)(C)C)C2=O. The van der Waals surface area contributed by atoms with E-state index in [1.807, 2.05) is 0 Å². The summed E-state index contributed by atoms with van der Waals surface area (Å²) in [5.74, 6) is -0.487. The highest BCUT2D eigenvalue weighted by atomic mass is 35.5. The number of alkyl halides is 1. The molecule has 4 nitrogen and oxygen atoms in total. The number of rotatable bonds is 2. The summed E-state index contributed by atoms with van der Waals surface area (Å²) < 4.78 is 10.4. The standard InChI is InChI=1S/C15H17ClO4/c1-14(2,3)20-13(18)15(16)8-9-7-10(19-4)5-6-11(9)12(15)17/h5-7H,8H2,1-4H3/t15-/m0/s1. The van der Waals surface area contributed by atoms with Crippen LogP contribution in [0.2, 0.25) is 0 Å². The summed E-state index contributed by atoms with van der Waals surface area (Å²) in [6.45, 7) is 5.21. The van der Waals surface area contributed by atoms with Crippen LogP contribution >= 0.6 is 11.6 Å². The summed E-state index contributed by atoms with van der Waals surface area (Å²) in [5.41, 5.74) is 0.466. The van der Waals surface area contributed by atoms with Crippen LogP contribution in [0.25, 0.3) is 0 Å². The summed E-state index contributed by atoms with van der Waals surface area (Å²) in [7, 11) is 1.54. The second-order valence-electron chi connectivity index (χ2n) is 5.83. The van der Waals surface area contributed by atoms with Gasteiger partial charge in [0.05, 0.1) is 7.11 Å². The number of Topliss-reactive ketones (excluding diaryl/α,β-unsaturated/α-hetero) is 1. The van der Waals surface area contributed by atoms with Gasteiger partial charge in [-0.3, -0.25) is 4.79 Å². The van der Waals surface area contributed by atoms with Crippen molar-refractivity contribution in [1.29, 1.82) is 0 Å². The predicted molar refractivity (Wildman–Crippen MR) is 75.5 cm³/mol. The first-order chi connectivity index (χ1) is 9.17. The normalized spacial score (nSPS) is 21.6. The fraction of sp³-hybridized carbons (Fsp3) is 0.467. The molecule has 0 amide bonds. The van der Waals surface area contributed by atoms with Gasteiger partial charge in [0.25, 0.3) is 0 Å². The van der Waals surface area contributed by atoms with Crippen molar-refractivity contribution in [2.75, 3.05) is 7.11 Å². The second-order valence-corrected chi connectivity index (χ2v) is 6.48. The Morgan fingerprint density at radius 1 is 1.35 bits per heavy atom. The van der Waals surface area contributed by atoms with Crippen LogP contribution in [0, 0.1) is 0 Å². The average molecular weight is 297 g/mol. The average Bonchev–Trinajstić information content (AvgIpc) is 2.60. The molecule has 0 saturated heterocycles. The Balaban J connectivity index is 2.33. The minimum absolute atomic E-state index is 0.120. The van der Waals surface area contributed by atoms with Gasteiger partial charge in [0.15, 0.2) is 5.78 Å². The first-order valence-corrected chi connectivity index (χ1v) is 6.69. The Hall–Kier alpha value is -1.55. The quantitative estimate of drug-likeness (QED) is 0.478. The molecule has 0 unspecified atom stereocenters. The molecule has 1 aromatic rings. The molecule has 0 N–H and O–H groups in total. The van der Waals surface area contributed by atoms with Crippen LogP contribution in [0.4, 0.5) is 0 Å². The molecule has 1 aliphatic rings. The highest BCUT2D eigenvalue weighted by Crippen LogP contribution is 2.38. The maximum absolute atomic E-state index is 12.4. The van der Waals surface area contributed by atoms with Crippen LogP contribution in [0.5, 0.6) is 5.75 Å². The number of ketones is 1. The smallest absolute Gasteiger partial charge is 0.336 e. The first-order valence-electron chi connectivity index (χ1n) is 6.31. The predicted octanol–water partition coefficient (Wildman–Crippen LogP) is 2.75. The highest BCUT2D eigenvalue weighted by Gasteiger charge is 2.52. The van der Waals surface area contributed by atoms with Crippen molar-refractivity contribution in [3.05, 3.63) is 29.3 Å². The fourth-order valence-electron chi connectivity index (χ4n) is 2.14. The molecule has 0 radical (unpaired) electrons. The van der Waals surface area contributed by atoms with Crippen LogP contribution in [0.1, 0.15) is 36.7 Å². The van der Waals surface area contributed by atoms with Crippen LogP contribution in [-0.4, -0.2) is 29.3 Å². The molecule has 0 saturated carbocycles. The van der Waals surface area contributed by atoms with Gasteiger partial charge in [0, 0.05) is 12.0 Å². The van der Waals surface area contributed by atoms with Crippen LogP contribution < -0.4 is 4.74 Å². The van der Waals surface area contributed by atoms with Crippen LogP contribution in [0.3, 0.4) is 0 Å². The molecule has 1 aliphatic carbocycles. The van der Waals surface area contributed by atoms with E-state index in [0.29, 0.717) is 16.9 Å². The molecule has 20 heavy (non-hydrogen) atoms. The molecule has 0 spiro atoms. The largest absolute Gasteiger partial charge is 0.497 e. The monoisotopic (exact) mass is 296 g/mol. The van der Waals surface area contributed by atoms with Crippen LogP contribution in [0.15, 0.2) is 18.2 Å². The maximum Gasteiger partial charge on any atom is 0.336 e. The molecule has 1 aromatic carbocycles. The van der Waals surface area contributed by atoms with Crippen molar-refractivity contribution in [2.45, 2.75) is 37.7 Å². The van der Waals surface area contributed by atoms with E-state index < -0.39 is 22.2 Å². The number of methoxy groups -OCH3 is 1. The molecule has 0 aromatic heterocycles. The number of carbonyl (C=O) groups is 2. The summed E-state index contributed by atoms with van der Waals surface area (Å²) in [6, 6.07) is 5.03. The number of esters is 1. The van der Waals surface area contributed by atoms with Gasteiger partial charge in [0.2, 0.25) is 4.87 Å². The van der Waals surface area contributed by atoms with E-state index in [-0.39, 0.29) is 6.42 Å². The second kappa shape index (κ2) is 4.77. The number of hydrogen-bond acceptors (Lipinski definition) is 4. The Labute approximate surface area is 123 Å². The lowest BCUT2D eigenvalue weighted by Crippen LogP contribution is -2.43. The Morgan fingerprint density at radius 2 is 2.00 bits per heavy atom. The van der Waals surface area contributed by atoms with Crippen molar-refractivity contribution >= 4 is 23.4 Å². The Bertz CT molecular complexity index is 574. The van der Waals surface area contributed by atoms with Crippen molar-refractivity contribution in [3.8, 4) is 5.75 Å². The van der Waals surface area contributed by atoms with E-state index >= 15 is 0 Å². The third kappa shape index (κ3) is 2.52. The zero-order valence-electron chi connectivity index (χ0n) is 12.0. The Kier molecular flexibility index (Phi) is 3.54. The molecule has 0 fully saturated rings. The molecule has 0 heterocycles. The molecule has 108 valence electrons. The highest BCUT2D eigenvalue weighted by molar-refractivity contribution is 6.49. The number of benzene rings is 1. The van der Waals surface area contributed by atoms with Crippen molar-refractivity contribution < 1.29 is 19.1 Å². The number of hydrogen-bond donors (Lipinski definition) is 0. The summed E-state index contributed by atoms with van der Waals surface area (Å²) in [4.78, 5) is 22.9. The lowest BCUT2D eigenvalue weighted by atomic mass is 10.0. The van der Waals surface area contributed by atoms with E-state index in [9.17, 15) is 9.59 Å². The zero-order chi connectivity index (χ0) is 15.1. The topological polar surface area (TPSA) is 52.6 Å². The molecular weight excluding hydrogens is 280 g/mol. The minimum atomic E-state index is -1.66. The van der Waals surface area contributed by atoms with Gasteiger partial charge < -0.3 is 9.47 Å². The number of ether oxygens (including phenoxy) is 2. The molecule has 0 aliphatic heterocycles. The van der Waals surface area contributed by atoms with Gasteiger partial charge >= 0.3 is 5.97 Å². The Morgan fingerprint density at radius 3 is 2.55 bits per heavy atom. The van der Waals surface area contributed by atoms with Gasteiger partial charge in [-0.15, -0.1) is 0 Å². The van der Waals surface area contributed by atoms with E-state index in [0.717, 1.165) is 0 Å².